The minimum Gasteiger partial charge on any atom is -0.346 e. The number of hydrogen-bond donors (Lipinski definition) is 1. The van der Waals surface area contributed by atoms with E-state index < -0.39 is 17.7 Å². The molecule has 0 aliphatic rings. The number of pyridine rings is 3. The van der Waals surface area contributed by atoms with Crippen molar-refractivity contribution >= 4 is 11.0 Å². The Morgan fingerprint density at radius 2 is 1.73 bits per heavy atom. The molecule has 0 radical (unpaired) electrons. The summed E-state index contributed by atoms with van der Waals surface area (Å²) in [6.07, 6.45) is 3.11. The van der Waals surface area contributed by atoms with Gasteiger partial charge in [-0.25, -0.2) is 9.37 Å². The quantitative estimate of drug-likeness (QED) is 0.457. The Bertz CT molecular complexity index is 1180. The van der Waals surface area contributed by atoms with Crippen LogP contribution in [0, 0.1) is 12.7 Å². The van der Waals surface area contributed by atoms with Crippen molar-refractivity contribution in [1.29, 1.82) is 0 Å². The Kier molecular flexibility index (Phi) is 5.24. The molecule has 0 fully saturated rings. The molecule has 0 aliphatic carbocycles. The lowest BCUT2D eigenvalue weighted by atomic mass is 10.0. The zero-order valence-corrected chi connectivity index (χ0v) is 16.1. The number of nitrogens with zero attached hydrogens (tertiary/aromatic N) is 3. The van der Waals surface area contributed by atoms with Crippen LogP contribution in [0.3, 0.4) is 0 Å². The lowest BCUT2D eigenvalue weighted by Gasteiger charge is -2.08. The van der Waals surface area contributed by atoms with E-state index >= 15 is 0 Å². The number of rotatable bonds is 5. The van der Waals surface area contributed by atoms with Gasteiger partial charge < -0.3 is 4.98 Å². The second kappa shape index (κ2) is 7.85. The zero-order chi connectivity index (χ0) is 21.3. The Hall–Kier alpha value is -3.29. The Morgan fingerprint density at radius 1 is 0.933 bits per heavy atom. The van der Waals surface area contributed by atoms with Crippen LogP contribution in [0.15, 0.2) is 49.1 Å². The molecule has 0 aromatic carbocycles. The predicted octanol–water partition coefficient (Wildman–Crippen LogP) is 5.20. The normalized spacial score (nSPS) is 11.9. The monoisotopic (exact) mass is 414 g/mol. The standard InChI is InChI=1S/C22H18F4N4/c1-13-6-17-16(12-30-21(17)29-9-13)7-15-8-18(23)19(27-11-15)4-2-14-3-5-20(28-10-14)22(24,25)26/h3,5-6,8-12H,2,4,7H2,1H3,(H,29,30). The topological polar surface area (TPSA) is 54.5 Å². The van der Waals surface area contributed by atoms with Crippen LogP contribution >= 0.6 is 0 Å². The number of aromatic amines is 1. The fraction of sp³-hybridized carbons (Fsp3) is 0.227. The summed E-state index contributed by atoms with van der Waals surface area (Å²) >= 11 is 0. The molecule has 30 heavy (non-hydrogen) atoms. The van der Waals surface area contributed by atoms with Crippen molar-refractivity contribution in [2.75, 3.05) is 0 Å². The van der Waals surface area contributed by atoms with E-state index in [-0.39, 0.29) is 12.1 Å². The van der Waals surface area contributed by atoms with Crippen molar-refractivity contribution in [3.05, 3.63) is 88.5 Å². The zero-order valence-electron chi connectivity index (χ0n) is 16.1. The lowest BCUT2D eigenvalue weighted by molar-refractivity contribution is -0.141. The van der Waals surface area contributed by atoms with Gasteiger partial charge in [-0.1, -0.05) is 6.07 Å². The van der Waals surface area contributed by atoms with E-state index in [4.69, 9.17) is 0 Å². The third-order valence-electron chi connectivity index (χ3n) is 4.89. The number of fused-ring (bicyclic) bond motifs is 1. The van der Waals surface area contributed by atoms with Crippen LogP contribution in [0.25, 0.3) is 11.0 Å². The molecule has 0 spiro atoms. The number of H-pyrrole nitrogens is 1. The summed E-state index contributed by atoms with van der Waals surface area (Å²) in [4.78, 5) is 15.1. The molecule has 0 amide bonds. The average Bonchev–Trinajstić information content (AvgIpc) is 3.09. The molecule has 4 rings (SSSR count). The maximum absolute atomic E-state index is 14.5. The number of halogens is 4. The van der Waals surface area contributed by atoms with Crippen LogP contribution in [0.5, 0.6) is 0 Å². The first-order valence-electron chi connectivity index (χ1n) is 9.37. The van der Waals surface area contributed by atoms with Gasteiger partial charge in [-0.2, -0.15) is 13.2 Å². The summed E-state index contributed by atoms with van der Waals surface area (Å²) in [7, 11) is 0. The van der Waals surface area contributed by atoms with Gasteiger partial charge in [0.05, 0.1) is 5.69 Å². The maximum atomic E-state index is 14.5. The SMILES string of the molecule is Cc1cnc2[nH]cc(Cc3cnc(CCc4ccc(C(F)(F)F)nc4)c(F)c3)c2c1. The van der Waals surface area contributed by atoms with Crippen molar-refractivity contribution in [3.63, 3.8) is 0 Å². The van der Waals surface area contributed by atoms with Crippen LogP contribution in [-0.2, 0) is 25.4 Å². The summed E-state index contributed by atoms with van der Waals surface area (Å²) < 4.78 is 52.3. The smallest absolute Gasteiger partial charge is 0.346 e. The largest absolute Gasteiger partial charge is 0.433 e. The lowest BCUT2D eigenvalue weighted by Crippen LogP contribution is -2.08. The molecule has 8 heteroatoms. The van der Waals surface area contributed by atoms with Crippen molar-refractivity contribution < 1.29 is 17.6 Å². The van der Waals surface area contributed by atoms with Crippen LogP contribution in [0.2, 0.25) is 0 Å². The van der Waals surface area contributed by atoms with Crippen molar-refractivity contribution in [3.8, 4) is 0 Å². The number of alkyl halides is 3. The van der Waals surface area contributed by atoms with Crippen molar-refractivity contribution in [2.45, 2.75) is 32.4 Å². The average molecular weight is 414 g/mol. The number of aromatic nitrogens is 4. The van der Waals surface area contributed by atoms with Crippen LogP contribution in [-0.4, -0.2) is 19.9 Å². The Labute approximate surface area is 170 Å². The molecule has 0 aliphatic heterocycles. The first-order valence-corrected chi connectivity index (χ1v) is 9.37. The first-order chi connectivity index (χ1) is 14.3. The minimum atomic E-state index is -4.47. The molecular weight excluding hydrogens is 396 g/mol. The molecular formula is C22H18F4N4. The maximum Gasteiger partial charge on any atom is 0.433 e. The second-order valence-electron chi connectivity index (χ2n) is 7.22. The van der Waals surface area contributed by atoms with Gasteiger partial charge in [0.25, 0.3) is 0 Å². The molecule has 4 heterocycles. The van der Waals surface area contributed by atoms with E-state index in [1.807, 2.05) is 19.2 Å². The highest BCUT2D eigenvalue weighted by Gasteiger charge is 2.31. The fourth-order valence-electron chi connectivity index (χ4n) is 3.32. The first kappa shape index (κ1) is 20.0. The molecule has 0 atom stereocenters. The Balaban J connectivity index is 1.44. The minimum absolute atomic E-state index is 0.273. The summed E-state index contributed by atoms with van der Waals surface area (Å²) in [5, 5.41) is 0.995. The van der Waals surface area contributed by atoms with E-state index in [0.29, 0.717) is 18.4 Å². The third kappa shape index (κ3) is 4.32. The van der Waals surface area contributed by atoms with Crippen molar-refractivity contribution in [2.24, 2.45) is 0 Å². The molecule has 4 aromatic rings. The van der Waals surface area contributed by atoms with E-state index in [1.54, 1.807) is 12.4 Å². The van der Waals surface area contributed by atoms with E-state index in [1.165, 1.54) is 18.3 Å². The highest BCUT2D eigenvalue weighted by Crippen LogP contribution is 2.27. The summed E-state index contributed by atoms with van der Waals surface area (Å²) in [5.41, 5.74) is 3.49. The molecule has 4 nitrogen and oxygen atoms in total. The fourth-order valence-corrected chi connectivity index (χ4v) is 3.32. The summed E-state index contributed by atoms with van der Waals surface area (Å²) in [6, 6.07) is 5.77. The predicted molar refractivity (Wildman–Crippen MR) is 104 cm³/mol. The second-order valence-corrected chi connectivity index (χ2v) is 7.22. The molecule has 1 N–H and O–H groups in total. The molecule has 0 saturated carbocycles. The third-order valence-corrected chi connectivity index (χ3v) is 4.89. The highest BCUT2D eigenvalue weighted by molar-refractivity contribution is 5.80. The summed E-state index contributed by atoms with van der Waals surface area (Å²) in [6.45, 7) is 1.96. The number of hydrogen-bond acceptors (Lipinski definition) is 3. The molecule has 154 valence electrons. The van der Waals surface area contributed by atoms with E-state index in [2.05, 4.69) is 19.9 Å². The molecule has 0 saturated heterocycles. The molecule has 0 bridgehead atoms. The van der Waals surface area contributed by atoms with Gasteiger partial charge in [-0.15, -0.1) is 0 Å². The van der Waals surface area contributed by atoms with Crippen LogP contribution < -0.4 is 0 Å². The van der Waals surface area contributed by atoms with E-state index in [9.17, 15) is 17.6 Å². The van der Waals surface area contributed by atoms with Crippen molar-refractivity contribution in [1.82, 2.24) is 19.9 Å². The van der Waals surface area contributed by atoms with E-state index in [0.717, 1.165) is 33.8 Å². The van der Waals surface area contributed by atoms with Gasteiger partial charge in [-0.3, -0.25) is 9.97 Å². The van der Waals surface area contributed by atoms with Gasteiger partial charge in [0.2, 0.25) is 0 Å². The van der Waals surface area contributed by atoms with Crippen LogP contribution in [0.1, 0.15) is 33.6 Å². The number of aryl methyl sites for hydroxylation is 3. The van der Waals surface area contributed by atoms with Gasteiger partial charge in [0, 0.05) is 36.6 Å². The van der Waals surface area contributed by atoms with Gasteiger partial charge in [0.1, 0.15) is 17.2 Å². The molecule has 4 aromatic heterocycles. The number of nitrogens with one attached hydrogen (secondary N) is 1. The Morgan fingerprint density at radius 3 is 2.43 bits per heavy atom. The summed E-state index contributed by atoms with van der Waals surface area (Å²) in [5.74, 6) is -0.429. The molecule has 0 unspecified atom stereocenters. The van der Waals surface area contributed by atoms with Crippen LogP contribution in [0.4, 0.5) is 17.6 Å². The van der Waals surface area contributed by atoms with Gasteiger partial charge in [0.15, 0.2) is 0 Å². The van der Waals surface area contributed by atoms with Gasteiger partial charge >= 0.3 is 6.18 Å². The highest BCUT2D eigenvalue weighted by atomic mass is 19.4. The van der Waals surface area contributed by atoms with Gasteiger partial charge in [-0.05, 0) is 60.2 Å².